The van der Waals surface area contributed by atoms with Crippen LogP contribution in [0, 0.1) is 0 Å². The molecule has 2 heterocycles. The molecular weight excluding hydrogens is 252 g/mol. The van der Waals surface area contributed by atoms with Crippen LogP contribution in [-0.2, 0) is 4.79 Å². The smallest absolute Gasteiger partial charge is 0.241 e. The van der Waals surface area contributed by atoms with E-state index in [0.717, 1.165) is 42.5 Å². The molecule has 0 bridgehead atoms. The molecule has 20 heavy (non-hydrogen) atoms. The van der Waals surface area contributed by atoms with Gasteiger partial charge in [-0.1, -0.05) is 0 Å². The first kappa shape index (κ1) is 12.7. The molecule has 0 radical (unpaired) electrons. The standard InChI is InChI=1S/C15H18N4O/c16-12-5-6-13(11-4-3-7-17-15(11)12)18-10-14(20)19-8-1-2-9-19/h3-7,18H,1-2,8-10,16H2. The fraction of sp³-hybridized carbons (Fsp3) is 0.333. The van der Waals surface area contributed by atoms with Gasteiger partial charge in [0.25, 0.3) is 0 Å². The minimum Gasteiger partial charge on any atom is -0.397 e. The highest BCUT2D eigenvalue weighted by molar-refractivity contribution is 5.99. The fourth-order valence-electron chi connectivity index (χ4n) is 2.60. The van der Waals surface area contributed by atoms with Crippen molar-refractivity contribution in [1.29, 1.82) is 0 Å². The molecule has 0 aliphatic carbocycles. The molecule has 5 heteroatoms. The maximum atomic E-state index is 12.0. The molecule has 1 aliphatic heterocycles. The zero-order valence-corrected chi connectivity index (χ0v) is 11.3. The second-order valence-electron chi connectivity index (χ2n) is 5.04. The van der Waals surface area contributed by atoms with Gasteiger partial charge in [0.2, 0.25) is 5.91 Å². The number of fused-ring (bicyclic) bond motifs is 1. The first-order chi connectivity index (χ1) is 9.75. The third kappa shape index (κ3) is 2.39. The van der Waals surface area contributed by atoms with Crippen LogP contribution in [0.2, 0.25) is 0 Å². The highest BCUT2D eigenvalue weighted by atomic mass is 16.2. The lowest BCUT2D eigenvalue weighted by Crippen LogP contribution is -2.33. The summed E-state index contributed by atoms with van der Waals surface area (Å²) in [5.74, 6) is 0.149. The van der Waals surface area contributed by atoms with Gasteiger partial charge >= 0.3 is 0 Å². The lowest BCUT2D eigenvalue weighted by Gasteiger charge is -2.16. The molecule has 1 saturated heterocycles. The Labute approximate surface area is 117 Å². The number of benzene rings is 1. The summed E-state index contributed by atoms with van der Waals surface area (Å²) in [7, 11) is 0. The van der Waals surface area contributed by atoms with Gasteiger partial charge in [0.05, 0.1) is 17.7 Å². The molecule has 0 atom stereocenters. The van der Waals surface area contributed by atoms with Crippen LogP contribution in [-0.4, -0.2) is 35.4 Å². The van der Waals surface area contributed by atoms with Crippen LogP contribution in [0.5, 0.6) is 0 Å². The number of rotatable bonds is 3. The van der Waals surface area contributed by atoms with Gasteiger partial charge in [0.1, 0.15) is 0 Å². The number of nitrogens with two attached hydrogens (primary N) is 1. The Morgan fingerprint density at radius 1 is 1.30 bits per heavy atom. The molecule has 2 aromatic rings. The van der Waals surface area contributed by atoms with Crippen molar-refractivity contribution in [3.8, 4) is 0 Å². The number of nitrogens with zero attached hydrogens (tertiary/aromatic N) is 2. The Morgan fingerprint density at radius 2 is 2.10 bits per heavy atom. The van der Waals surface area contributed by atoms with Crippen LogP contribution in [0.4, 0.5) is 11.4 Å². The number of pyridine rings is 1. The fourth-order valence-corrected chi connectivity index (χ4v) is 2.60. The van der Waals surface area contributed by atoms with Crippen LogP contribution >= 0.6 is 0 Å². The number of anilines is 2. The summed E-state index contributed by atoms with van der Waals surface area (Å²) < 4.78 is 0. The molecule has 5 nitrogen and oxygen atoms in total. The van der Waals surface area contributed by atoms with Crippen molar-refractivity contribution in [3.63, 3.8) is 0 Å². The number of hydrogen-bond acceptors (Lipinski definition) is 4. The molecule has 104 valence electrons. The summed E-state index contributed by atoms with van der Waals surface area (Å²) in [6.45, 7) is 2.07. The second kappa shape index (κ2) is 5.36. The van der Waals surface area contributed by atoms with Gasteiger partial charge in [-0.25, -0.2) is 0 Å². The molecule has 1 aliphatic rings. The van der Waals surface area contributed by atoms with Crippen molar-refractivity contribution in [2.45, 2.75) is 12.8 Å². The van der Waals surface area contributed by atoms with Gasteiger partial charge in [-0.3, -0.25) is 9.78 Å². The van der Waals surface area contributed by atoms with Gasteiger partial charge in [-0.15, -0.1) is 0 Å². The predicted octanol–water partition coefficient (Wildman–Crippen LogP) is 1.85. The van der Waals surface area contributed by atoms with Crippen LogP contribution in [0.3, 0.4) is 0 Å². The van der Waals surface area contributed by atoms with Gasteiger partial charge in [-0.2, -0.15) is 0 Å². The third-order valence-corrected chi connectivity index (χ3v) is 3.69. The Morgan fingerprint density at radius 3 is 2.90 bits per heavy atom. The number of hydrogen-bond donors (Lipinski definition) is 2. The average Bonchev–Trinajstić information content (AvgIpc) is 3.01. The van der Waals surface area contributed by atoms with E-state index in [1.165, 1.54) is 0 Å². The summed E-state index contributed by atoms with van der Waals surface area (Å²) in [6, 6.07) is 7.55. The highest BCUT2D eigenvalue weighted by Crippen LogP contribution is 2.26. The van der Waals surface area contributed by atoms with E-state index in [1.807, 2.05) is 29.2 Å². The molecule has 1 fully saturated rings. The predicted molar refractivity (Wildman–Crippen MR) is 80.5 cm³/mol. The van der Waals surface area contributed by atoms with Crippen LogP contribution in [0.25, 0.3) is 10.9 Å². The second-order valence-corrected chi connectivity index (χ2v) is 5.04. The van der Waals surface area contributed by atoms with E-state index < -0.39 is 0 Å². The summed E-state index contributed by atoms with van der Waals surface area (Å²) in [5, 5.41) is 4.15. The summed E-state index contributed by atoms with van der Waals surface area (Å²) in [4.78, 5) is 18.2. The molecule has 1 amide bonds. The zero-order valence-electron chi connectivity index (χ0n) is 11.3. The lowest BCUT2D eigenvalue weighted by atomic mass is 10.1. The van der Waals surface area contributed by atoms with Crippen LogP contribution in [0.15, 0.2) is 30.5 Å². The van der Waals surface area contributed by atoms with Crippen molar-refractivity contribution in [3.05, 3.63) is 30.5 Å². The maximum absolute atomic E-state index is 12.0. The van der Waals surface area contributed by atoms with Crippen molar-refractivity contribution in [2.24, 2.45) is 0 Å². The number of carbonyl (C=O) groups is 1. The van der Waals surface area contributed by atoms with E-state index in [2.05, 4.69) is 10.3 Å². The minimum atomic E-state index is 0.149. The van der Waals surface area contributed by atoms with Crippen molar-refractivity contribution in [1.82, 2.24) is 9.88 Å². The van der Waals surface area contributed by atoms with Gasteiger partial charge in [0, 0.05) is 30.4 Å². The number of nitrogens with one attached hydrogen (secondary N) is 1. The SMILES string of the molecule is Nc1ccc(NCC(=O)N2CCCC2)c2cccnc12. The normalized spacial score (nSPS) is 14.7. The molecule has 0 saturated carbocycles. The van der Waals surface area contributed by atoms with E-state index in [1.54, 1.807) is 6.20 Å². The molecule has 0 unspecified atom stereocenters. The lowest BCUT2D eigenvalue weighted by molar-refractivity contribution is -0.128. The van der Waals surface area contributed by atoms with Gasteiger partial charge in [0.15, 0.2) is 0 Å². The number of amides is 1. The summed E-state index contributed by atoms with van der Waals surface area (Å²) >= 11 is 0. The number of likely N-dealkylation sites (tertiary alicyclic amines) is 1. The van der Waals surface area contributed by atoms with Crippen molar-refractivity contribution < 1.29 is 4.79 Å². The summed E-state index contributed by atoms with van der Waals surface area (Å²) in [6.07, 6.45) is 3.94. The Balaban J connectivity index is 1.77. The number of carbonyl (C=O) groups excluding carboxylic acids is 1. The highest BCUT2D eigenvalue weighted by Gasteiger charge is 2.17. The number of nitrogen functional groups attached to an aromatic ring is 1. The topological polar surface area (TPSA) is 71.2 Å². The first-order valence-corrected chi connectivity index (χ1v) is 6.90. The average molecular weight is 270 g/mol. The van der Waals surface area contributed by atoms with Crippen LogP contribution in [0.1, 0.15) is 12.8 Å². The molecule has 3 rings (SSSR count). The molecule has 3 N–H and O–H groups in total. The van der Waals surface area contributed by atoms with Crippen molar-refractivity contribution >= 4 is 28.2 Å². The quantitative estimate of drug-likeness (QED) is 0.835. The molecule has 1 aromatic carbocycles. The molecular formula is C15H18N4O. The summed E-state index contributed by atoms with van der Waals surface area (Å²) in [5.41, 5.74) is 8.23. The zero-order chi connectivity index (χ0) is 13.9. The van der Waals surface area contributed by atoms with Crippen molar-refractivity contribution in [2.75, 3.05) is 30.7 Å². The Kier molecular flexibility index (Phi) is 3.41. The minimum absolute atomic E-state index is 0.149. The van der Waals surface area contributed by atoms with E-state index in [-0.39, 0.29) is 5.91 Å². The third-order valence-electron chi connectivity index (χ3n) is 3.69. The largest absolute Gasteiger partial charge is 0.397 e. The van der Waals surface area contributed by atoms with E-state index in [9.17, 15) is 4.79 Å². The van der Waals surface area contributed by atoms with Crippen LogP contribution < -0.4 is 11.1 Å². The first-order valence-electron chi connectivity index (χ1n) is 6.90. The number of aromatic nitrogens is 1. The molecule has 1 aromatic heterocycles. The van der Waals surface area contributed by atoms with Gasteiger partial charge in [-0.05, 0) is 37.1 Å². The Bertz CT molecular complexity index is 635. The maximum Gasteiger partial charge on any atom is 0.241 e. The monoisotopic (exact) mass is 270 g/mol. The van der Waals surface area contributed by atoms with Gasteiger partial charge < -0.3 is 16.0 Å². The van der Waals surface area contributed by atoms with E-state index >= 15 is 0 Å². The molecule has 0 spiro atoms. The van der Waals surface area contributed by atoms with E-state index in [4.69, 9.17) is 5.73 Å². The Hall–Kier alpha value is -2.30. The van der Waals surface area contributed by atoms with E-state index in [0.29, 0.717) is 12.2 Å².